The monoisotopic (exact) mass is 190 g/mol. The minimum Gasteiger partial charge on any atom is -0.325 e. The molecule has 0 radical (unpaired) electrons. The first-order chi connectivity index (χ1) is 6.88. The fourth-order valence-corrected chi connectivity index (χ4v) is 1.02. The zero-order valence-corrected chi connectivity index (χ0v) is 7.44. The maximum absolute atomic E-state index is 5.46. The van der Waals surface area contributed by atoms with E-state index in [1.165, 1.54) is 0 Å². The largest absolute Gasteiger partial charge is 0.325 e. The lowest BCUT2D eigenvalue weighted by Gasteiger charge is -2.01. The lowest BCUT2D eigenvalue weighted by atomic mass is 10.4. The fraction of sp³-hybridized carbons (Fsp3) is 0.125. The number of nitrogens with zero attached hydrogens (tertiary/aromatic N) is 3. The van der Waals surface area contributed by atoms with Crippen molar-refractivity contribution in [3.63, 3.8) is 0 Å². The Morgan fingerprint density at radius 2 is 2.43 bits per heavy atom. The van der Waals surface area contributed by atoms with Crippen LogP contribution in [0.1, 0.15) is 5.69 Å². The number of aromatic nitrogens is 4. The average Bonchev–Trinajstić information content (AvgIpc) is 2.71. The first-order valence-electron chi connectivity index (χ1n) is 4.16. The van der Waals surface area contributed by atoms with E-state index in [1.807, 2.05) is 0 Å². The summed E-state index contributed by atoms with van der Waals surface area (Å²) in [4.78, 5) is 8.22. The number of H-pyrrole nitrogens is 1. The molecule has 0 aromatic carbocycles. The summed E-state index contributed by atoms with van der Waals surface area (Å²) in [7, 11) is 0. The molecule has 0 fully saturated rings. The number of nitrogens with two attached hydrogens (primary N) is 1. The molecule has 0 amide bonds. The van der Waals surface area contributed by atoms with E-state index in [-0.39, 0.29) is 0 Å². The highest BCUT2D eigenvalue weighted by molar-refractivity contribution is 5.49. The van der Waals surface area contributed by atoms with Gasteiger partial charge in [-0.3, -0.25) is 5.10 Å². The molecule has 0 aliphatic heterocycles. The van der Waals surface area contributed by atoms with E-state index in [2.05, 4.69) is 25.5 Å². The molecule has 0 unspecified atom stereocenters. The summed E-state index contributed by atoms with van der Waals surface area (Å²) in [5.74, 6) is 0.523. The van der Waals surface area contributed by atoms with Gasteiger partial charge in [0.05, 0.1) is 17.6 Å². The van der Waals surface area contributed by atoms with Gasteiger partial charge in [-0.1, -0.05) is 0 Å². The molecule has 2 rings (SSSR count). The first-order valence-corrected chi connectivity index (χ1v) is 4.16. The third-order valence-corrected chi connectivity index (χ3v) is 1.68. The van der Waals surface area contributed by atoms with Gasteiger partial charge in [-0.25, -0.2) is 9.97 Å². The molecular formula is C8H10N6. The van der Waals surface area contributed by atoms with Crippen molar-refractivity contribution in [2.45, 2.75) is 6.54 Å². The number of rotatable bonds is 3. The van der Waals surface area contributed by atoms with Crippen LogP contribution in [-0.4, -0.2) is 20.2 Å². The van der Waals surface area contributed by atoms with E-state index in [4.69, 9.17) is 5.73 Å². The zero-order valence-electron chi connectivity index (χ0n) is 7.44. The second-order valence-electron chi connectivity index (χ2n) is 2.69. The lowest BCUT2D eigenvalue weighted by molar-refractivity contribution is 0.969. The van der Waals surface area contributed by atoms with E-state index in [0.29, 0.717) is 12.5 Å². The Bertz CT molecular complexity index is 396. The number of anilines is 2. The van der Waals surface area contributed by atoms with Crippen molar-refractivity contribution in [2.75, 3.05) is 5.32 Å². The van der Waals surface area contributed by atoms with Gasteiger partial charge in [-0.15, -0.1) is 0 Å². The van der Waals surface area contributed by atoms with Crippen LogP contribution < -0.4 is 11.1 Å². The molecule has 2 heterocycles. The Hall–Kier alpha value is -1.95. The van der Waals surface area contributed by atoms with Crippen LogP contribution in [0.2, 0.25) is 0 Å². The van der Waals surface area contributed by atoms with Crippen LogP contribution >= 0.6 is 0 Å². The quantitative estimate of drug-likeness (QED) is 0.651. The Morgan fingerprint density at radius 3 is 3.14 bits per heavy atom. The van der Waals surface area contributed by atoms with Crippen LogP contribution in [0.4, 0.5) is 11.6 Å². The zero-order chi connectivity index (χ0) is 9.80. The topological polar surface area (TPSA) is 92.5 Å². The number of aromatic amines is 1. The highest BCUT2D eigenvalue weighted by atomic mass is 15.2. The summed E-state index contributed by atoms with van der Waals surface area (Å²) in [6.45, 7) is 0.405. The van der Waals surface area contributed by atoms with Crippen LogP contribution in [0.3, 0.4) is 0 Å². The molecule has 0 spiro atoms. The van der Waals surface area contributed by atoms with E-state index in [9.17, 15) is 0 Å². The van der Waals surface area contributed by atoms with Crippen molar-refractivity contribution < 1.29 is 0 Å². The molecule has 0 bridgehead atoms. The molecule has 0 saturated heterocycles. The molecule has 6 nitrogen and oxygen atoms in total. The number of hydrogen-bond donors (Lipinski definition) is 3. The predicted octanol–water partition coefficient (Wildman–Crippen LogP) is 0.402. The van der Waals surface area contributed by atoms with Gasteiger partial charge in [0.25, 0.3) is 0 Å². The van der Waals surface area contributed by atoms with Crippen molar-refractivity contribution in [1.82, 2.24) is 20.2 Å². The number of hydrogen-bond acceptors (Lipinski definition) is 5. The normalized spacial score (nSPS) is 10.1. The third kappa shape index (κ3) is 1.86. The smallest absolute Gasteiger partial charge is 0.227 e. The Balaban J connectivity index is 2.17. The van der Waals surface area contributed by atoms with Crippen LogP contribution in [0.25, 0.3) is 0 Å². The SMILES string of the molecule is NCc1ccnc(Nc2cn[nH]c2)n1. The molecule has 0 aliphatic rings. The maximum Gasteiger partial charge on any atom is 0.227 e. The van der Waals surface area contributed by atoms with Gasteiger partial charge >= 0.3 is 0 Å². The van der Waals surface area contributed by atoms with Crippen molar-refractivity contribution in [2.24, 2.45) is 5.73 Å². The minimum absolute atomic E-state index is 0.405. The molecule has 14 heavy (non-hydrogen) atoms. The van der Waals surface area contributed by atoms with Crippen LogP contribution in [0.15, 0.2) is 24.7 Å². The molecular weight excluding hydrogens is 180 g/mol. The molecule has 6 heteroatoms. The summed E-state index contributed by atoms with van der Waals surface area (Å²) < 4.78 is 0. The lowest BCUT2D eigenvalue weighted by Crippen LogP contribution is -2.03. The average molecular weight is 190 g/mol. The standard InChI is InChI=1S/C8H10N6/c9-3-6-1-2-10-8(13-6)14-7-4-11-12-5-7/h1-2,4-5H,3,9H2,(H,11,12)(H,10,13,14). The third-order valence-electron chi connectivity index (χ3n) is 1.68. The van der Waals surface area contributed by atoms with Crippen LogP contribution in [0, 0.1) is 0 Å². The van der Waals surface area contributed by atoms with E-state index >= 15 is 0 Å². The van der Waals surface area contributed by atoms with Gasteiger partial charge in [0, 0.05) is 18.9 Å². The summed E-state index contributed by atoms with van der Waals surface area (Å²) in [5, 5.41) is 9.47. The van der Waals surface area contributed by atoms with Crippen molar-refractivity contribution >= 4 is 11.6 Å². The second-order valence-corrected chi connectivity index (χ2v) is 2.69. The Morgan fingerprint density at radius 1 is 1.50 bits per heavy atom. The van der Waals surface area contributed by atoms with Gasteiger partial charge < -0.3 is 11.1 Å². The van der Waals surface area contributed by atoms with Crippen molar-refractivity contribution in [1.29, 1.82) is 0 Å². The Kier molecular flexibility index (Phi) is 2.37. The summed E-state index contributed by atoms with van der Waals surface area (Å²) in [6.07, 6.45) is 5.04. The molecule has 72 valence electrons. The van der Waals surface area contributed by atoms with Gasteiger partial charge in [-0.05, 0) is 6.07 Å². The summed E-state index contributed by atoms with van der Waals surface area (Å²) >= 11 is 0. The fourth-order valence-electron chi connectivity index (χ4n) is 1.02. The molecule has 0 atom stereocenters. The summed E-state index contributed by atoms with van der Waals surface area (Å²) in [5.41, 5.74) is 7.07. The van der Waals surface area contributed by atoms with E-state index in [1.54, 1.807) is 24.7 Å². The van der Waals surface area contributed by atoms with Gasteiger partial charge in [0.1, 0.15) is 0 Å². The highest BCUT2D eigenvalue weighted by Crippen LogP contribution is 2.09. The Labute approximate surface area is 80.6 Å². The van der Waals surface area contributed by atoms with E-state index in [0.717, 1.165) is 11.4 Å². The van der Waals surface area contributed by atoms with Crippen molar-refractivity contribution in [3.8, 4) is 0 Å². The van der Waals surface area contributed by atoms with Crippen molar-refractivity contribution in [3.05, 3.63) is 30.4 Å². The molecule has 0 aliphatic carbocycles. The minimum atomic E-state index is 0.405. The molecule has 4 N–H and O–H groups in total. The second kappa shape index (κ2) is 3.84. The van der Waals surface area contributed by atoms with Crippen LogP contribution in [0.5, 0.6) is 0 Å². The van der Waals surface area contributed by atoms with Crippen LogP contribution in [-0.2, 0) is 6.54 Å². The number of nitrogens with one attached hydrogen (secondary N) is 2. The summed E-state index contributed by atoms with van der Waals surface area (Å²) in [6, 6.07) is 1.78. The molecule has 2 aromatic rings. The first kappa shape index (κ1) is 8.64. The predicted molar refractivity (Wildman–Crippen MR) is 51.8 cm³/mol. The van der Waals surface area contributed by atoms with E-state index < -0.39 is 0 Å². The molecule has 0 saturated carbocycles. The van der Waals surface area contributed by atoms with Gasteiger partial charge in [0.15, 0.2) is 0 Å². The maximum atomic E-state index is 5.46. The van der Waals surface area contributed by atoms with Gasteiger partial charge in [0.2, 0.25) is 5.95 Å². The highest BCUT2D eigenvalue weighted by Gasteiger charge is 1.98. The molecule has 2 aromatic heterocycles. The van der Waals surface area contributed by atoms with Gasteiger partial charge in [-0.2, -0.15) is 5.10 Å².